The van der Waals surface area contributed by atoms with Crippen molar-refractivity contribution in [3.63, 3.8) is 0 Å². The highest BCUT2D eigenvalue weighted by Gasteiger charge is 1.98. The van der Waals surface area contributed by atoms with Gasteiger partial charge in [-0.15, -0.1) is 0 Å². The molecule has 14 heavy (non-hydrogen) atoms. The Morgan fingerprint density at radius 2 is 2.21 bits per heavy atom. The van der Waals surface area contributed by atoms with Crippen molar-refractivity contribution in [1.82, 2.24) is 9.97 Å². The maximum atomic E-state index is 4.98. The Hall–Kier alpha value is -1.35. The zero-order valence-electron chi connectivity index (χ0n) is 8.00. The molecule has 0 bridgehead atoms. The lowest BCUT2D eigenvalue weighted by Crippen LogP contribution is -1.82. The molecule has 2 nitrogen and oxygen atoms in total. The van der Waals surface area contributed by atoms with Gasteiger partial charge in [-0.3, -0.25) is 0 Å². The van der Waals surface area contributed by atoms with Gasteiger partial charge in [0.05, 0.1) is 5.69 Å². The molecule has 3 heteroatoms. The Balaban J connectivity index is 2.46. The average Bonchev–Trinajstić information content (AvgIpc) is 2.65. The molecule has 0 saturated carbocycles. The minimum absolute atomic E-state index is 0.668. The largest absolute Gasteiger partial charge is 0.337 e. The Morgan fingerprint density at radius 3 is 2.86 bits per heavy atom. The van der Waals surface area contributed by atoms with E-state index in [1.807, 2.05) is 6.20 Å². The summed E-state index contributed by atoms with van der Waals surface area (Å²) in [5, 5.41) is 0. The van der Waals surface area contributed by atoms with Crippen molar-refractivity contribution in [3.8, 4) is 11.3 Å². The molecule has 0 saturated heterocycles. The van der Waals surface area contributed by atoms with E-state index in [1.165, 1.54) is 11.1 Å². The number of H-pyrrole nitrogens is 2. The maximum absolute atomic E-state index is 4.98. The van der Waals surface area contributed by atoms with Crippen molar-refractivity contribution in [3.05, 3.63) is 40.8 Å². The number of aryl methyl sites for hydroxylation is 1. The van der Waals surface area contributed by atoms with Gasteiger partial charge in [0.1, 0.15) is 0 Å². The lowest BCUT2D eigenvalue weighted by molar-refractivity contribution is 1.14. The lowest BCUT2D eigenvalue weighted by atomic mass is 10.1. The second-order valence-electron chi connectivity index (χ2n) is 3.21. The maximum Gasteiger partial charge on any atom is 0.174 e. The van der Waals surface area contributed by atoms with Crippen LogP contribution in [0.25, 0.3) is 11.3 Å². The van der Waals surface area contributed by atoms with Crippen LogP contribution in [0.15, 0.2) is 30.5 Å². The van der Waals surface area contributed by atoms with Gasteiger partial charge in [0.15, 0.2) is 4.77 Å². The fourth-order valence-electron chi connectivity index (χ4n) is 1.45. The first kappa shape index (κ1) is 9.21. The molecule has 0 aliphatic heterocycles. The second kappa shape index (κ2) is 3.80. The highest BCUT2D eigenvalue weighted by molar-refractivity contribution is 7.71. The molecule has 2 aromatic rings. The molecule has 0 fully saturated rings. The van der Waals surface area contributed by atoms with Crippen LogP contribution in [0.4, 0.5) is 0 Å². The van der Waals surface area contributed by atoms with Gasteiger partial charge in [-0.05, 0) is 35.8 Å². The number of benzene rings is 1. The molecule has 0 unspecified atom stereocenters. The molecular formula is C11H12N2S. The summed E-state index contributed by atoms with van der Waals surface area (Å²) in [6.45, 7) is 2.15. The Kier molecular flexibility index (Phi) is 2.50. The average molecular weight is 204 g/mol. The first-order chi connectivity index (χ1) is 6.79. The summed E-state index contributed by atoms with van der Waals surface area (Å²) in [7, 11) is 0. The van der Waals surface area contributed by atoms with Crippen molar-refractivity contribution in [2.45, 2.75) is 13.3 Å². The highest BCUT2D eigenvalue weighted by atomic mass is 32.1. The summed E-state index contributed by atoms with van der Waals surface area (Å²) in [4.78, 5) is 6.07. The van der Waals surface area contributed by atoms with E-state index >= 15 is 0 Å². The number of hydrogen-bond acceptors (Lipinski definition) is 1. The van der Waals surface area contributed by atoms with Crippen molar-refractivity contribution < 1.29 is 0 Å². The van der Waals surface area contributed by atoms with E-state index in [4.69, 9.17) is 12.2 Å². The predicted octanol–water partition coefficient (Wildman–Crippen LogP) is 3.30. The summed E-state index contributed by atoms with van der Waals surface area (Å²) in [5.41, 5.74) is 3.56. The molecule has 2 N–H and O–H groups in total. The summed E-state index contributed by atoms with van der Waals surface area (Å²) < 4.78 is 0.668. The fraction of sp³-hybridized carbons (Fsp3) is 0.182. The quantitative estimate of drug-likeness (QED) is 0.723. The Labute approximate surface area is 88.0 Å². The minimum Gasteiger partial charge on any atom is -0.337 e. The number of aromatic amines is 2. The summed E-state index contributed by atoms with van der Waals surface area (Å²) >= 11 is 4.98. The predicted molar refractivity (Wildman–Crippen MR) is 60.8 cm³/mol. The molecule has 1 aromatic heterocycles. The van der Waals surface area contributed by atoms with Crippen molar-refractivity contribution in [2.24, 2.45) is 0 Å². The second-order valence-corrected chi connectivity index (χ2v) is 3.62. The van der Waals surface area contributed by atoms with E-state index in [9.17, 15) is 0 Å². The summed E-state index contributed by atoms with van der Waals surface area (Å²) in [6.07, 6.45) is 2.95. The van der Waals surface area contributed by atoms with Crippen molar-refractivity contribution in [2.75, 3.05) is 0 Å². The van der Waals surface area contributed by atoms with Crippen LogP contribution in [0.1, 0.15) is 12.5 Å². The lowest BCUT2D eigenvalue weighted by Gasteiger charge is -2.00. The third kappa shape index (κ3) is 1.77. The van der Waals surface area contributed by atoms with E-state index in [-0.39, 0.29) is 0 Å². The Bertz CT molecular complexity index is 482. The van der Waals surface area contributed by atoms with E-state index < -0.39 is 0 Å². The zero-order valence-corrected chi connectivity index (χ0v) is 8.82. The van der Waals surface area contributed by atoms with E-state index in [0.717, 1.165) is 12.1 Å². The standard InChI is InChI=1S/C11H12N2S/c1-2-8-4-3-5-9(6-8)10-7-12-11(14)13-10/h3-7H,2H2,1H3,(H2,12,13,14). The number of rotatable bonds is 2. The van der Waals surface area contributed by atoms with Crippen LogP contribution in [-0.2, 0) is 6.42 Å². The molecule has 0 radical (unpaired) electrons. The van der Waals surface area contributed by atoms with Crippen LogP contribution in [0, 0.1) is 4.77 Å². The molecule has 2 rings (SSSR count). The smallest absolute Gasteiger partial charge is 0.174 e. The number of imidazole rings is 1. The van der Waals surface area contributed by atoms with Crippen LogP contribution in [0.2, 0.25) is 0 Å². The molecule has 0 aliphatic carbocycles. The van der Waals surface area contributed by atoms with E-state index in [0.29, 0.717) is 4.77 Å². The first-order valence-corrected chi connectivity index (χ1v) is 5.07. The van der Waals surface area contributed by atoms with Crippen LogP contribution >= 0.6 is 12.2 Å². The normalized spacial score (nSPS) is 10.4. The summed E-state index contributed by atoms with van der Waals surface area (Å²) in [6, 6.07) is 8.45. The van der Waals surface area contributed by atoms with E-state index in [1.54, 1.807) is 0 Å². The van der Waals surface area contributed by atoms with Crippen molar-refractivity contribution >= 4 is 12.2 Å². The van der Waals surface area contributed by atoms with Gasteiger partial charge in [-0.25, -0.2) is 0 Å². The number of nitrogens with one attached hydrogen (secondary N) is 2. The number of hydrogen-bond donors (Lipinski definition) is 2. The SMILES string of the molecule is CCc1cccc(-c2c[nH]c(=S)[nH]2)c1. The molecule has 0 aliphatic rings. The van der Waals surface area contributed by atoms with Gasteiger partial charge >= 0.3 is 0 Å². The molecule has 0 spiro atoms. The van der Waals surface area contributed by atoms with E-state index in [2.05, 4.69) is 41.2 Å². The fourth-order valence-corrected chi connectivity index (χ4v) is 1.62. The molecule has 0 amide bonds. The summed E-state index contributed by atoms with van der Waals surface area (Å²) in [5.74, 6) is 0. The van der Waals surface area contributed by atoms with Crippen LogP contribution in [0.5, 0.6) is 0 Å². The van der Waals surface area contributed by atoms with Crippen LogP contribution in [0.3, 0.4) is 0 Å². The van der Waals surface area contributed by atoms with Crippen LogP contribution < -0.4 is 0 Å². The van der Waals surface area contributed by atoms with Gasteiger partial charge in [0.2, 0.25) is 0 Å². The molecule has 0 atom stereocenters. The minimum atomic E-state index is 0.668. The van der Waals surface area contributed by atoms with Gasteiger partial charge in [-0.2, -0.15) is 0 Å². The Morgan fingerprint density at radius 1 is 1.36 bits per heavy atom. The van der Waals surface area contributed by atoms with Gasteiger partial charge in [0, 0.05) is 6.20 Å². The molecular weight excluding hydrogens is 192 g/mol. The number of aromatic nitrogens is 2. The first-order valence-electron chi connectivity index (χ1n) is 4.66. The van der Waals surface area contributed by atoms with Gasteiger partial charge < -0.3 is 9.97 Å². The van der Waals surface area contributed by atoms with Gasteiger partial charge in [0.25, 0.3) is 0 Å². The van der Waals surface area contributed by atoms with Gasteiger partial charge in [-0.1, -0.05) is 25.1 Å². The highest BCUT2D eigenvalue weighted by Crippen LogP contribution is 2.17. The molecule has 1 heterocycles. The third-order valence-corrected chi connectivity index (χ3v) is 2.46. The third-order valence-electron chi connectivity index (χ3n) is 2.24. The molecule has 1 aromatic carbocycles. The monoisotopic (exact) mass is 204 g/mol. The topological polar surface area (TPSA) is 31.6 Å². The van der Waals surface area contributed by atoms with Crippen molar-refractivity contribution in [1.29, 1.82) is 0 Å². The van der Waals surface area contributed by atoms with Crippen LogP contribution in [-0.4, -0.2) is 9.97 Å². The zero-order chi connectivity index (χ0) is 9.97. The molecule has 72 valence electrons.